The fourth-order valence-corrected chi connectivity index (χ4v) is 2.26. The molecule has 2 unspecified atom stereocenters. The largest absolute Gasteiger partial charge is 0.316 e. The number of piperidine rings is 1. The first kappa shape index (κ1) is 8.01. The maximum absolute atomic E-state index is 11.2. The highest BCUT2D eigenvalue weighted by molar-refractivity contribution is 7.92. The maximum atomic E-state index is 11.2. The van der Waals surface area contributed by atoms with E-state index in [0.29, 0.717) is 0 Å². The molecule has 1 rings (SSSR count). The van der Waals surface area contributed by atoms with Crippen LogP contribution < -0.4 is 5.32 Å². The third-order valence-electron chi connectivity index (χ3n) is 1.89. The summed E-state index contributed by atoms with van der Waals surface area (Å²) >= 11 is 0. The second-order valence-corrected chi connectivity index (χ2v) is 5.35. The molecule has 0 bridgehead atoms. The molecule has 1 fully saturated rings. The van der Waals surface area contributed by atoms with Crippen molar-refractivity contribution in [3.8, 4) is 0 Å². The highest BCUT2D eigenvalue weighted by Gasteiger charge is 2.19. The lowest BCUT2D eigenvalue weighted by Crippen LogP contribution is -2.37. The Balaban J connectivity index is 2.56. The van der Waals surface area contributed by atoms with Crippen molar-refractivity contribution >= 4 is 9.73 Å². The smallest absolute Gasteiger partial charge is 0.0550 e. The topological polar surface area (TPSA) is 53.0 Å². The Morgan fingerprint density at radius 1 is 1.70 bits per heavy atom. The van der Waals surface area contributed by atoms with Crippen LogP contribution in [0.3, 0.4) is 0 Å². The fourth-order valence-electron chi connectivity index (χ4n) is 1.20. The monoisotopic (exact) mass is 162 g/mol. The van der Waals surface area contributed by atoms with Gasteiger partial charge in [-0.15, -0.1) is 0 Å². The lowest BCUT2D eigenvalue weighted by molar-refractivity contribution is 0.517. The molecule has 1 aliphatic heterocycles. The van der Waals surface area contributed by atoms with Gasteiger partial charge in [0.1, 0.15) is 0 Å². The van der Waals surface area contributed by atoms with E-state index in [0.717, 1.165) is 25.9 Å². The molecule has 0 spiro atoms. The Kier molecular flexibility index (Phi) is 2.31. The number of hydrogen-bond acceptors (Lipinski definition) is 3. The lowest BCUT2D eigenvalue weighted by atomic mass is 10.2. The summed E-state index contributed by atoms with van der Waals surface area (Å²) < 4.78 is 18.5. The summed E-state index contributed by atoms with van der Waals surface area (Å²) in [5, 5.41) is 3.23. The first-order valence-corrected chi connectivity index (χ1v) is 5.57. The predicted octanol–water partition coefficient (Wildman–Crippen LogP) is 0.415. The van der Waals surface area contributed by atoms with Crippen molar-refractivity contribution in [3.05, 3.63) is 0 Å². The normalized spacial score (nSPS) is 33.1. The molecular weight excluding hydrogens is 148 g/mol. The van der Waals surface area contributed by atoms with E-state index >= 15 is 0 Å². The van der Waals surface area contributed by atoms with Crippen LogP contribution in [0.2, 0.25) is 0 Å². The molecule has 2 N–H and O–H groups in total. The quantitative estimate of drug-likeness (QED) is 0.587. The Bertz CT molecular complexity index is 192. The van der Waals surface area contributed by atoms with Gasteiger partial charge in [0, 0.05) is 22.5 Å². The van der Waals surface area contributed by atoms with Gasteiger partial charge in [-0.3, -0.25) is 4.78 Å². The standard InChI is InChI=1S/C6H14N2OS/c1-10(7,9)6-3-2-4-8-5-6/h6-8H,2-5H2,1H3. The second-order valence-electron chi connectivity index (χ2n) is 2.87. The Labute approximate surface area is 62.2 Å². The fraction of sp³-hybridized carbons (Fsp3) is 1.00. The van der Waals surface area contributed by atoms with E-state index in [9.17, 15) is 4.21 Å². The Hall–Kier alpha value is -0.0900. The molecule has 0 aromatic heterocycles. The van der Waals surface area contributed by atoms with Crippen LogP contribution >= 0.6 is 0 Å². The van der Waals surface area contributed by atoms with E-state index in [-0.39, 0.29) is 5.25 Å². The van der Waals surface area contributed by atoms with Crippen LogP contribution in [-0.4, -0.2) is 28.8 Å². The van der Waals surface area contributed by atoms with Crippen LogP contribution in [0.4, 0.5) is 0 Å². The third-order valence-corrected chi connectivity index (χ3v) is 3.56. The van der Waals surface area contributed by atoms with Gasteiger partial charge in [0.15, 0.2) is 0 Å². The molecule has 4 heteroatoms. The molecule has 0 aliphatic carbocycles. The third kappa shape index (κ3) is 1.95. The summed E-state index contributed by atoms with van der Waals surface area (Å²) in [6.07, 6.45) is 3.55. The predicted molar refractivity (Wildman–Crippen MR) is 42.7 cm³/mol. The highest BCUT2D eigenvalue weighted by Crippen LogP contribution is 2.10. The zero-order valence-corrected chi connectivity index (χ0v) is 7.04. The van der Waals surface area contributed by atoms with Gasteiger partial charge in [-0.25, -0.2) is 4.21 Å². The minimum Gasteiger partial charge on any atom is -0.316 e. The molecular formula is C6H14N2OS. The molecule has 3 nitrogen and oxygen atoms in total. The van der Waals surface area contributed by atoms with Gasteiger partial charge in [0.25, 0.3) is 0 Å². The molecule has 0 aromatic rings. The minimum absolute atomic E-state index is 0.0845. The van der Waals surface area contributed by atoms with E-state index in [2.05, 4.69) is 5.32 Å². The van der Waals surface area contributed by atoms with Gasteiger partial charge in [0.2, 0.25) is 0 Å². The molecule has 1 aliphatic rings. The zero-order chi connectivity index (χ0) is 7.61. The van der Waals surface area contributed by atoms with Crippen molar-refractivity contribution in [2.45, 2.75) is 18.1 Å². The van der Waals surface area contributed by atoms with E-state index in [4.69, 9.17) is 4.78 Å². The highest BCUT2D eigenvalue weighted by atomic mass is 32.2. The van der Waals surface area contributed by atoms with Crippen molar-refractivity contribution in [2.75, 3.05) is 19.3 Å². The second kappa shape index (κ2) is 2.88. The van der Waals surface area contributed by atoms with Crippen LogP contribution in [0.1, 0.15) is 12.8 Å². The van der Waals surface area contributed by atoms with Crippen LogP contribution in [0.5, 0.6) is 0 Å². The molecule has 0 saturated carbocycles. The van der Waals surface area contributed by atoms with Crippen LogP contribution in [0.15, 0.2) is 0 Å². The zero-order valence-electron chi connectivity index (χ0n) is 6.22. The van der Waals surface area contributed by atoms with E-state index in [1.54, 1.807) is 0 Å². The average molecular weight is 162 g/mol. The van der Waals surface area contributed by atoms with Gasteiger partial charge in [-0.2, -0.15) is 0 Å². The molecule has 10 heavy (non-hydrogen) atoms. The van der Waals surface area contributed by atoms with Gasteiger partial charge >= 0.3 is 0 Å². The molecule has 0 aromatic carbocycles. The Morgan fingerprint density at radius 2 is 2.40 bits per heavy atom. The van der Waals surface area contributed by atoms with E-state index in [1.807, 2.05) is 0 Å². The van der Waals surface area contributed by atoms with E-state index in [1.165, 1.54) is 6.26 Å². The molecule has 2 atom stereocenters. The van der Waals surface area contributed by atoms with Crippen molar-refractivity contribution in [1.29, 1.82) is 4.78 Å². The molecule has 1 saturated heterocycles. The molecule has 1 heterocycles. The van der Waals surface area contributed by atoms with Crippen LogP contribution in [0, 0.1) is 4.78 Å². The SMILES string of the molecule is CS(=N)(=O)C1CCCNC1. The lowest BCUT2D eigenvalue weighted by Gasteiger charge is -2.22. The summed E-state index contributed by atoms with van der Waals surface area (Å²) in [5.41, 5.74) is 0. The van der Waals surface area contributed by atoms with Crippen molar-refractivity contribution in [1.82, 2.24) is 5.32 Å². The minimum atomic E-state index is -2.29. The first-order valence-electron chi connectivity index (χ1n) is 3.54. The summed E-state index contributed by atoms with van der Waals surface area (Å²) in [4.78, 5) is 0. The van der Waals surface area contributed by atoms with Gasteiger partial charge in [-0.05, 0) is 19.4 Å². The maximum Gasteiger partial charge on any atom is 0.0550 e. The van der Waals surface area contributed by atoms with Crippen LogP contribution in [-0.2, 0) is 9.73 Å². The summed E-state index contributed by atoms with van der Waals surface area (Å²) in [6, 6.07) is 0. The summed E-state index contributed by atoms with van der Waals surface area (Å²) in [5.74, 6) is 0. The number of rotatable bonds is 1. The van der Waals surface area contributed by atoms with Crippen LogP contribution in [0.25, 0.3) is 0 Å². The van der Waals surface area contributed by atoms with Gasteiger partial charge in [0.05, 0.1) is 5.25 Å². The Morgan fingerprint density at radius 3 is 2.70 bits per heavy atom. The van der Waals surface area contributed by atoms with Gasteiger partial charge < -0.3 is 5.32 Å². The van der Waals surface area contributed by atoms with Crippen molar-refractivity contribution in [3.63, 3.8) is 0 Å². The van der Waals surface area contributed by atoms with E-state index < -0.39 is 9.73 Å². The van der Waals surface area contributed by atoms with Crippen molar-refractivity contribution < 1.29 is 4.21 Å². The molecule has 60 valence electrons. The average Bonchev–Trinajstić information content (AvgIpc) is 1.88. The number of hydrogen-bond donors (Lipinski definition) is 2. The van der Waals surface area contributed by atoms with Crippen molar-refractivity contribution in [2.24, 2.45) is 0 Å². The number of nitrogens with one attached hydrogen (secondary N) is 2. The summed E-state index contributed by atoms with van der Waals surface area (Å²) in [6.45, 7) is 1.78. The molecule has 0 radical (unpaired) electrons. The van der Waals surface area contributed by atoms with Gasteiger partial charge in [-0.1, -0.05) is 0 Å². The molecule has 0 amide bonds. The first-order chi connectivity index (χ1) is 4.61. The summed E-state index contributed by atoms with van der Waals surface area (Å²) in [7, 11) is -2.29.